The lowest BCUT2D eigenvalue weighted by atomic mass is 10.1. The van der Waals surface area contributed by atoms with Crippen LogP contribution in [0.3, 0.4) is 0 Å². The number of rotatable bonds is 6. The maximum Gasteiger partial charge on any atom is 0.244 e. The van der Waals surface area contributed by atoms with E-state index in [1.165, 1.54) is 16.0 Å². The molecule has 7 nitrogen and oxygen atoms in total. The largest absolute Gasteiger partial charge is 0.357 e. The highest BCUT2D eigenvalue weighted by Gasteiger charge is 2.21. The van der Waals surface area contributed by atoms with Crippen LogP contribution in [0.5, 0.6) is 0 Å². The molecule has 0 unspecified atom stereocenters. The molecular weight excluding hydrogens is 384 g/mol. The fourth-order valence-electron chi connectivity index (χ4n) is 3.67. The average molecular weight is 417 g/mol. The van der Waals surface area contributed by atoms with Crippen molar-refractivity contribution in [1.29, 1.82) is 0 Å². The summed E-state index contributed by atoms with van der Waals surface area (Å²) in [5, 5.41) is 10.0. The first-order valence-electron chi connectivity index (χ1n) is 10.2. The van der Waals surface area contributed by atoms with Crippen LogP contribution < -0.4 is 5.32 Å². The summed E-state index contributed by atoms with van der Waals surface area (Å²) < 4.78 is 1.86. The molecular formula is C21H32N6OS. The first kappa shape index (κ1) is 21.4. The molecule has 8 heteroatoms. The molecule has 3 heterocycles. The number of fused-ring (bicyclic) bond motifs is 1. The Balaban J connectivity index is 1.65. The van der Waals surface area contributed by atoms with Crippen molar-refractivity contribution in [2.24, 2.45) is 12.0 Å². The van der Waals surface area contributed by atoms with Gasteiger partial charge in [-0.15, -0.1) is 11.3 Å². The predicted molar refractivity (Wildman–Crippen MR) is 118 cm³/mol. The summed E-state index contributed by atoms with van der Waals surface area (Å²) in [6.45, 7) is 9.44. The van der Waals surface area contributed by atoms with Crippen LogP contribution in [0, 0.1) is 0 Å². The first-order chi connectivity index (χ1) is 13.9. The van der Waals surface area contributed by atoms with Crippen molar-refractivity contribution in [3.63, 3.8) is 0 Å². The number of nitrogens with zero attached hydrogens (tertiary/aromatic N) is 5. The van der Waals surface area contributed by atoms with Gasteiger partial charge in [0.1, 0.15) is 6.54 Å². The van der Waals surface area contributed by atoms with Gasteiger partial charge in [-0.1, -0.05) is 13.8 Å². The third kappa shape index (κ3) is 5.18. The molecule has 158 valence electrons. The quantitative estimate of drug-likeness (QED) is 0.581. The van der Waals surface area contributed by atoms with Crippen molar-refractivity contribution in [2.45, 2.75) is 46.2 Å². The van der Waals surface area contributed by atoms with Crippen LogP contribution in [0.15, 0.2) is 22.6 Å². The Kier molecular flexibility index (Phi) is 6.95. The molecule has 1 N–H and O–H groups in total. The molecule has 0 spiro atoms. The molecule has 3 rings (SSSR count). The van der Waals surface area contributed by atoms with Crippen LogP contribution in [0.25, 0.3) is 0 Å². The number of hydrogen-bond acceptors (Lipinski definition) is 4. The van der Waals surface area contributed by atoms with Gasteiger partial charge in [0.05, 0.1) is 5.69 Å². The lowest BCUT2D eigenvalue weighted by Crippen LogP contribution is -2.41. The molecule has 2 aromatic heterocycles. The van der Waals surface area contributed by atoms with Gasteiger partial charge in [0.15, 0.2) is 5.96 Å². The zero-order chi connectivity index (χ0) is 21.0. The van der Waals surface area contributed by atoms with Crippen LogP contribution in [0.2, 0.25) is 0 Å². The van der Waals surface area contributed by atoms with Gasteiger partial charge in [0, 0.05) is 56.9 Å². The Hall–Kier alpha value is -2.35. The van der Waals surface area contributed by atoms with Gasteiger partial charge in [-0.3, -0.25) is 9.48 Å². The summed E-state index contributed by atoms with van der Waals surface area (Å²) in [7, 11) is 3.95. The molecule has 1 amide bonds. The van der Waals surface area contributed by atoms with E-state index in [1.807, 2.05) is 30.6 Å². The molecule has 0 bridgehead atoms. The zero-order valence-corrected chi connectivity index (χ0v) is 18.9. The van der Waals surface area contributed by atoms with Crippen LogP contribution in [0.1, 0.15) is 48.4 Å². The molecule has 0 fully saturated rings. The van der Waals surface area contributed by atoms with E-state index in [-0.39, 0.29) is 12.5 Å². The van der Waals surface area contributed by atoms with E-state index in [2.05, 4.69) is 51.8 Å². The average Bonchev–Trinajstić information content (AvgIpc) is 3.30. The molecule has 0 saturated heterocycles. The summed E-state index contributed by atoms with van der Waals surface area (Å²) in [4.78, 5) is 22.7. The third-order valence-corrected chi connectivity index (χ3v) is 6.14. The van der Waals surface area contributed by atoms with E-state index >= 15 is 0 Å². The lowest BCUT2D eigenvalue weighted by Gasteiger charge is -2.27. The first-order valence-corrected chi connectivity index (χ1v) is 11.1. The molecule has 0 radical (unpaired) electrons. The predicted octanol–water partition coefficient (Wildman–Crippen LogP) is 2.59. The van der Waals surface area contributed by atoms with Crippen molar-refractivity contribution in [1.82, 2.24) is 24.9 Å². The maximum atomic E-state index is 12.7. The molecule has 0 aromatic carbocycles. The smallest absolute Gasteiger partial charge is 0.244 e. The van der Waals surface area contributed by atoms with Crippen LogP contribution in [-0.4, -0.2) is 58.1 Å². The minimum Gasteiger partial charge on any atom is -0.357 e. The van der Waals surface area contributed by atoms with Gasteiger partial charge >= 0.3 is 0 Å². The van der Waals surface area contributed by atoms with Crippen LogP contribution in [0.4, 0.5) is 0 Å². The molecule has 1 aliphatic rings. The number of guanidine groups is 1. The second-order valence-corrected chi connectivity index (χ2v) is 8.83. The number of aromatic nitrogens is 2. The summed E-state index contributed by atoms with van der Waals surface area (Å²) >= 11 is 1.78. The van der Waals surface area contributed by atoms with Crippen molar-refractivity contribution in [2.75, 3.05) is 26.7 Å². The lowest BCUT2D eigenvalue weighted by molar-refractivity contribution is -0.130. The SMILES string of the molecule is CCNC(=NCC(=O)N1CCc2sccc2C1)N(C)Cc1cn(C)nc1C(C)C. The Morgan fingerprint density at radius 1 is 1.45 bits per heavy atom. The van der Waals surface area contributed by atoms with Gasteiger partial charge < -0.3 is 15.1 Å². The van der Waals surface area contributed by atoms with Crippen LogP contribution >= 0.6 is 11.3 Å². The second-order valence-electron chi connectivity index (χ2n) is 7.83. The van der Waals surface area contributed by atoms with Gasteiger partial charge in [0.25, 0.3) is 0 Å². The van der Waals surface area contributed by atoms with Crippen molar-refractivity contribution in [3.05, 3.63) is 39.3 Å². The van der Waals surface area contributed by atoms with Crippen LogP contribution in [-0.2, 0) is 31.4 Å². The molecule has 29 heavy (non-hydrogen) atoms. The highest BCUT2D eigenvalue weighted by atomic mass is 32.1. The summed E-state index contributed by atoms with van der Waals surface area (Å²) in [5.41, 5.74) is 3.56. The van der Waals surface area contributed by atoms with Gasteiger partial charge in [-0.05, 0) is 36.3 Å². The molecule has 2 aromatic rings. The number of hydrogen-bond donors (Lipinski definition) is 1. The van der Waals surface area contributed by atoms with Crippen molar-refractivity contribution >= 4 is 23.2 Å². The number of carbonyl (C=O) groups is 1. The summed E-state index contributed by atoms with van der Waals surface area (Å²) in [5.74, 6) is 1.18. The Bertz CT molecular complexity index is 868. The second kappa shape index (κ2) is 9.43. The maximum absolute atomic E-state index is 12.7. The third-order valence-electron chi connectivity index (χ3n) is 5.11. The number of amides is 1. The van der Waals surface area contributed by atoms with E-state index in [0.717, 1.165) is 31.2 Å². The standard InChI is InChI=1S/C21H32N6OS/c1-6-22-21(25(4)12-17-13-26(5)24-20(17)15(2)3)23-11-19(28)27-9-7-18-16(14-27)8-10-29-18/h8,10,13,15H,6-7,9,11-12,14H2,1-5H3,(H,22,23). The summed E-state index contributed by atoms with van der Waals surface area (Å²) in [6.07, 6.45) is 3.01. The number of aliphatic imine (C=N–C) groups is 1. The van der Waals surface area contributed by atoms with E-state index in [4.69, 9.17) is 0 Å². The zero-order valence-electron chi connectivity index (χ0n) is 18.1. The molecule has 0 atom stereocenters. The van der Waals surface area contributed by atoms with Gasteiger partial charge in [-0.25, -0.2) is 4.99 Å². The Labute approximate surface area is 177 Å². The van der Waals surface area contributed by atoms with E-state index in [0.29, 0.717) is 19.0 Å². The van der Waals surface area contributed by atoms with Crippen molar-refractivity contribution in [3.8, 4) is 0 Å². The van der Waals surface area contributed by atoms with Crippen molar-refractivity contribution < 1.29 is 4.79 Å². The van der Waals surface area contributed by atoms with Gasteiger partial charge in [0.2, 0.25) is 5.91 Å². The Morgan fingerprint density at radius 2 is 2.24 bits per heavy atom. The monoisotopic (exact) mass is 416 g/mol. The summed E-state index contributed by atoms with van der Waals surface area (Å²) in [6, 6.07) is 2.13. The number of carbonyl (C=O) groups excluding carboxylic acids is 1. The fourth-order valence-corrected chi connectivity index (χ4v) is 4.56. The molecule has 0 saturated carbocycles. The topological polar surface area (TPSA) is 65.8 Å². The molecule has 1 aliphatic heterocycles. The normalized spacial score (nSPS) is 14.3. The fraction of sp³-hybridized carbons (Fsp3) is 0.571. The van der Waals surface area contributed by atoms with Gasteiger partial charge in [-0.2, -0.15) is 5.10 Å². The highest BCUT2D eigenvalue weighted by molar-refractivity contribution is 7.10. The number of thiophene rings is 1. The molecule has 0 aliphatic carbocycles. The van der Waals surface area contributed by atoms with E-state index in [1.54, 1.807) is 11.3 Å². The van der Waals surface area contributed by atoms with E-state index < -0.39 is 0 Å². The number of nitrogens with one attached hydrogen (secondary N) is 1. The van der Waals surface area contributed by atoms with E-state index in [9.17, 15) is 4.79 Å². The minimum atomic E-state index is 0.0786. The number of aryl methyl sites for hydroxylation is 1. The highest BCUT2D eigenvalue weighted by Crippen LogP contribution is 2.24. The Morgan fingerprint density at radius 3 is 2.97 bits per heavy atom. The minimum absolute atomic E-state index is 0.0786.